The zero-order valence-electron chi connectivity index (χ0n) is 19.2. The minimum absolute atomic E-state index is 0.118. The molecule has 0 saturated carbocycles. The summed E-state index contributed by atoms with van der Waals surface area (Å²) in [6, 6.07) is 16.8. The predicted molar refractivity (Wildman–Crippen MR) is 124 cm³/mol. The van der Waals surface area contributed by atoms with Gasteiger partial charge in [0.15, 0.2) is 0 Å². The molecule has 1 atom stereocenters. The molecule has 1 unspecified atom stereocenters. The van der Waals surface area contributed by atoms with Crippen LogP contribution < -0.4 is 4.90 Å². The van der Waals surface area contributed by atoms with Crippen molar-refractivity contribution in [3.05, 3.63) is 108 Å². The van der Waals surface area contributed by atoms with E-state index in [1.54, 1.807) is 48.5 Å². The van der Waals surface area contributed by atoms with Crippen LogP contribution in [0.3, 0.4) is 0 Å². The largest absolute Gasteiger partial charge is 0.416 e. The fraction of sp³-hybridized carbons (Fsp3) is 0.296. The number of anilines is 1. The Hall–Kier alpha value is -3.07. The van der Waals surface area contributed by atoms with Crippen LogP contribution in [-0.4, -0.2) is 31.1 Å². The van der Waals surface area contributed by atoms with Crippen LogP contribution in [-0.2, 0) is 24.3 Å². The number of halogens is 7. The van der Waals surface area contributed by atoms with Crippen LogP contribution in [0.25, 0.3) is 0 Å². The Bertz CT molecular complexity index is 1150. The second kappa shape index (κ2) is 9.76. The molecule has 9 heteroatoms. The zero-order chi connectivity index (χ0) is 26.1. The third kappa shape index (κ3) is 5.51. The predicted octanol–water partition coefficient (Wildman–Crippen LogP) is 6.96. The summed E-state index contributed by atoms with van der Waals surface area (Å²) in [4.78, 5) is 3.80. The molecule has 4 rings (SSSR count). The van der Waals surface area contributed by atoms with Gasteiger partial charge in [0.05, 0.1) is 22.4 Å². The van der Waals surface area contributed by atoms with Crippen LogP contribution in [0.1, 0.15) is 22.3 Å². The second-order valence-corrected chi connectivity index (χ2v) is 8.91. The van der Waals surface area contributed by atoms with E-state index >= 15 is 0 Å². The normalized spacial score (nSPS) is 17.2. The maximum Gasteiger partial charge on any atom is 0.416 e. The van der Waals surface area contributed by atoms with Crippen molar-refractivity contribution < 1.29 is 30.7 Å². The highest BCUT2D eigenvalue weighted by atomic mass is 19.4. The van der Waals surface area contributed by atoms with E-state index in [9.17, 15) is 30.7 Å². The van der Waals surface area contributed by atoms with Gasteiger partial charge in [-0.05, 0) is 54.8 Å². The van der Waals surface area contributed by atoms with Crippen molar-refractivity contribution in [3.63, 3.8) is 0 Å². The van der Waals surface area contributed by atoms with Gasteiger partial charge in [-0.1, -0.05) is 42.5 Å². The van der Waals surface area contributed by atoms with Crippen molar-refractivity contribution in [2.75, 3.05) is 31.1 Å². The van der Waals surface area contributed by atoms with Gasteiger partial charge in [-0.25, -0.2) is 4.39 Å². The Balaban J connectivity index is 1.68. The van der Waals surface area contributed by atoms with Gasteiger partial charge in [-0.15, -0.1) is 0 Å². The molecular formula is C27H24F7N2. The van der Waals surface area contributed by atoms with Crippen molar-refractivity contribution >= 4 is 5.69 Å². The minimum atomic E-state index is -4.93. The molecule has 1 fully saturated rings. The third-order valence-corrected chi connectivity index (χ3v) is 6.53. The van der Waals surface area contributed by atoms with Crippen molar-refractivity contribution in [3.8, 4) is 0 Å². The summed E-state index contributed by atoms with van der Waals surface area (Å²) in [5.74, 6) is -0.362. The van der Waals surface area contributed by atoms with Gasteiger partial charge in [0.25, 0.3) is 0 Å². The van der Waals surface area contributed by atoms with Crippen molar-refractivity contribution in [2.45, 2.75) is 24.3 Å². The molecule has 3 aromatic rings. The lowest BCUT2D eigenvalue weighted by molar-refractivity contribution is -0.143. The van der Waals surface area contributed by atoms with E-state index in [4.69, 9.17) is 0 Å². The molecule has 0 spiro atoms. The van der Waals surface area contributed by atoms with E-state index in [2.05, 4.69) is 6.92 Å². The monoisotopic (exact) mass is 509 g/mol. The number of rotatable bonds is 5. The summed E-state index contributed by atoms with van der Waals surface area (Å²) < 4.78 is 95.0. The fourth-order valence-corrected chi connectivity index (χ4v) is 4.69. The molecule has 1 saturated heterocycles. The maximum absolute atomic E-state index is 14.3. The van der Waals surface area contributed by atoms with Gasteiger partial charge < -0.3 is 4.90 Å². The van der Waals surface area contributed by atoms with Crippen LogP contribution >= 0.6 is 0 Å². The molecule has 1 aliphatic heterocycles. The molecule has 0 amide bonds. The van der Waals surface area contributed by atoms with E-state index < -0.39 is 29.0 Å². The van der Waals surface area contributed by atoms with Crippen LogP contribution in [0.5, 0.6) is 0 Å². The number of hydrogen-bond donors (Lipinski definition) is 0. The molecule has 0 aliphatic carbocycles. The Morgan fingerprint density at radius 3 is 1.72 bits per heavy atom. The van der Waals surface area contributed by atoms with Crippen molar-refractivity contribution in [1.82, 2.24) is 4.90 Å². The van der Waals surface area contributed by atoms with Crippen LogP contribution in [0.4, 0.5) is 36.4 Å². The topological polar surface area (TPSA) is 6.48 Å². The van der Waals surface area contributed by atoms with Crippen molar-refractivity contribution in [1.29, 1.82) is 0 Å². The Morgan fingerprint density at radius 1 is 0.667 bits per heavy atom. The van der Waals surface area contributed by atoms with E-state index in [-0.39, 0.29) is 23.9 Å². The first-order valence-electron chi connectivity index (χ1n) is 11.3. The van der Waals surface area contributed by atoms with E-state index in [1.165, 1.54) is 6.07 Å². The van der Waals surface area contributed by atoms with Crippen molar-refractivity contribution in [2.24, 2.45) is 0 Å². The SMILES string of the molecule is [CH2]C(Cc1cc(C(F)(F)F)cc(C(F)(F)F)c1)(c1ccccc1)N1CCN(c2ccccc2F)CC1. The highest BCUT2D eigenvalue weighted by Crippen LogP contribution is 2.39. The summed E-state index contributed by atoms with van der Waals surface area (Å²) in [5.41, 5.74) is -2.86. The Labute approximate surface area is 205 Å². The molecule has 36 heavy (non-hydrogen) atoms. The highest BCUT2D eigenvalue weighted by molar-refractivity contribution is 5.48. The maximum atomic E-state index is 14.3. The lowest BCUT2D eigenvalue weighted by Gasteiger charge is -2.47. The summed E-state index contributed by atoms with van der Waals surface area (Å²) in [7, 11) is 0. The summed E-state index contributed by atoms with van der Waals surface area (Å²) >= 11 is 0. The molecular weight excluding hydrogens is 485 g/mol. The molecule has 1 heterocycles. The molecule has 1 radical (unpaired) electrons. The number of alkyl halides is 6. The molecule has 3 aromatic carbocycles. The van der Waals surface area contributed by atoms with Gasteiger partial charge in [0, 0.05) is 26.2 Å². The Kier molecular flexibility index (Phi) is 7.05. The third-order valence-electron chi connectivity index (χ3n) is 6.53. The average Bonchev–Trinajstić information content (AvgIpc) is 2.84. The van der Waals surface area contributed by atoms with E-state index in [1.807, 2.05) is 9.80 Å². The zero-order valence-corrected chi connectivity index (χ0v) is 19.2. The highest BCUT2D eigenvalue weighted by Gasteiger charge is 2.40. The number of piperazine rings is 1. The quantitative estimate of drug-likeness (QED) is 0.343. The number of hydrogen-bond acceptors (Lipinski definition) is 2. The lowest BCUT2D eigenvalue weighted by atomic mass is 9.82. The van der Waals surface area contributed by atoms with Gasteiger partial charge in [-0.2, -0.15) is 26.3 Å². The average molecular weight is 509 g/mol. The second-order valence-electron chi connectivity index (χ2n) is 8.91. The van der Waals surface area contributed by atoms with Gasteiger partial charge >= 0.3 is 12.4 Å². The van der Waals surface area contributed by atoms with E-state index in [0.717, 1.165) is 12.1 Å². The first kappa shape index (κ1) is 26.0. The van der Waals surface area contributed by atoms with Gasteiger partial charge in [0.2, 0.25) is 0 Å². The molecule has 191 valence electrons. The first-order valence-corrected chi connectivity index (χ1v) is 11.3. The Morgan fingerprint density at radius 2 is 1.19 bits per heavy atom. The molecule has 0 bridgehead atoms. The number of para-hydroxylation sites is 1. The lowest BCUT2D eigenvalue weighted by Crippen LogP contribution is -2.55. The smallest absolute Gasteiger partial charge is 0.367 e. The summed E-state index contributed by atoms with van der Waals surface area (Å²) in [6.07, 6.45) is -10.0. The molecule has 1 aliphatic rings. The first-order chi connectivity index (χ1) is 16.9. The van der Waals surface area contributed by atoms with Crippen LogP contribution in [0.2, 0.25) is 0 Å². The standard InChI is InChI=1S/C27H24F7N2/c1-25(20-7-3-2-4-8-20,36-13-11-35(12-14-36)24-10-6-5-9-23(24)28)18-19-15-21(26(29,30)31)17-22(16-19)27(32,33)34/h2-10,15-17H,1,11-14,18H2. The summed E-state index contributed by atoms with van der Waals surface area (Å²) in [5, 5.41) is 0. The van der Waals surface area contributed by atoms with Gasteiger partial charge in [-0.3, -0.25) is 4.90 Å². The minimum Gasteiger partial charge on any atom is -0.367 e. The molecule has 0 aromatic heterocycles. The van der Waals surface area contributed by atoms with Gasteiger partial charge in [0.1, 0.15) is 5.82 Å². The van der Waals surface area contributed by atoms with Crippen LogP contribution in [0.15, 0.2) is 72.8 Å². The molecule has 0 N–H and O–H groups in total. The summed E-state index contributed by atoms with van der Waals surface area (Å²) in [6.45, 7) is 5.94. The van der Waals surface area contributed by atoms with E-state index in [0.29, 0.717) is 37.4 Å². The fourth-order valence-electron chi connectivity index (χ4n) is 4.69. The molecule has 2 nitrogen and oxygen atoms in total. The number of benzene rings is 3. The van der Waals surface area contributed by atoms with Crippen LogP contribution in [0, 0.1) is 12.7 Å². The number of nitrogens with zero attached hydrogens (tertiary/aromatic N) is 2.